The molecule has 0 spiro atoms. The van der Waals surface area contributed by atoms with Crippen molar-refractivity contribution in [3.05, 3.63) is 16.1 Å². The molecule has 1 N–H and O–H groups in total. The van der Waals surface area contributed by atoms with E-state index in [0.29, 0.717) is 23.8 Å². The summed E-state index contributed by atoms with van der Waals surface area (Å²) in [6.07, 6.45) is 0.387. The van der Waals surface area contributed by atoms with Crippen LogP contribution >= 0.6 is 34.9 Å². The van der Waals surface area contributed by atoms with Crippen LogP contribution in [0.1, 0.15) is 17.1 Å². The van der Waals surface area contributed by atoms with E-state index in [9.17, 15) is 9.59 Å². The number of hydrogen-bond donors (Lipinski definition) is 1. The first-order chi connectivity index (χ1) is 9.58. The third-order valence-electron chi connectivity index (χ3n) is 2.86. The van der Waals surface area contributed by atoms with Gasteiger partial charge in [-0.15, -0.1) is 23.1 Å². The van der Waals surface area contributed by atoms with Crippen molar-refractivity contribution >= 4 is 46.7 Å². The van der Waals surface area contributed by atoms with Crippen LogP contribution in [0.2, 0.25) is 0 Å². The van der Waals surface area contributed by atoms with Gasteiger partial charge in [-0.1, -0.05) is 0 Å². The van der Waals surface area contributed by atoms with E-state index >= 15 is 0 Å². The molecule has 0 aromatic carbocycles. The predicted octanol–water partition coefficient (Wildman–Crippen LogP) is 2.06. The molecule has 8 heteroatoms. The molecule has 2 rings (SSSR count). The molecule has 0 radical (unpaired) electrons. The van der Waals surface area contributed by atoms with Crippen molar-refractivity contribution in [2.45, 2.75) is 25.1 Å². The first-order valence-corrected chi connectivity index (χ1v) is 9.35. The summed E-state index contributed by atoms with van der Waals surface area (Å²) >= 11 is 4.78. The number of carboxylic acids is 1. The van der Waals surface area contributed by atoms with E-state index in [1.54, 1.807) is 23.1 Å². The molecule has 110 valence electrons. The molecule has 1 aromatic rings. The second-order valence-corrected chi connectivity index (χ2v) is 7.55. The molecule has 1 fully saturated rings. The van der Waals surface area contributed by atoms with Crippen LogP contribution in [0.3, 0.4) is 0 Å². The zero-order valence-electron chi connectivity index (χ0n) is 11.1. The minimum absolute atomic E-state index is 0.0654. The van der Waals surface area contributed by atoms with E-state index in [4.69, 9.17) is 5.11 Å². The summed E-state index contributed by atoms with van der Waals surface area (Å²) in [4.78, 5) is 28.8. The largest absolute Gasteiger partial charge is 0.480 e. The normalized spacial score (nSPS) is 18.4. The Hall–Kier alpha value is -0.730. The number of rotatable bonds is 6. The average Bonchev–Trinajstić information content (AvgIpc) is 3.03. The zero-order chi connectivity index (χ0) is 14.5. The number of thiazole rings is 1. The van der Waals surface area contributed by atoms with Gasteiger partial charge >= 0.3 is 5.97 Å². The minimum Gasteiger partial charge on any atom is -0.480 e. The van der Waals surface area contributed by atoms with Crippen molar-refractivity contribution in [2.75, 3.05) is 17.4 Å². The van der Waals surface area contributed by atoms with E-state index in [1.807, 2.05) is 12.3 Å². The second kappa shape index (κ2) is 7.33. The number of aryl methyl sites for hydroxylation is 1. The van der Waals surface area contributed by atoms with Gasteiger partial charge in [-0.25, -0.2) is 9.78 Å². The maximum atomic E-state index is 12.0. The molecule has 0 aliphatic carbocycles. The van der Waals surface area contributed by atoms with Crippen LogP contribution in [-0.4, -0.2) is 50.3 Å². The van der Waals surface area contributed by atoms with E-state index < -0.39 is 12.0 Å². The smallest absolute Gasteiger partial charge is 0.327 e. The maximum Gasteiger partial charge on any atom is 0.327 e. The van der Waals surface area contributed by atoms with Crippen LogP contribution in [-0.2, 0) is 15.3 Å². The van der Waals surface area contributed by atoms with Crippen LogP contribution in [0.25, 0.3) is 0 Å². The average molecular weight is 332 g/mol. The number of amides is 1. The van der Waals surface area contributed by atoms with E-state index in [2.05, 4.69) is 4.98 Å². The van der Waals surface area contributed by atoms with Gasteiger partial charge in [0.2, 0.25) is 5.91 Å². The molecule has 0 saturated carbocycles. The summed E-state index contributed by atoms with van der Waals surface area (Å²) in [6.45, 7) is 1.97. The fourth-order valence-electron chi connectivity index (χ4n) is 1.85. The molecule has 1 amide bonds. The van der Waals surface area contributed by atoms with E-state index in [-0.39, 0.29) is 5.91 Å². The van der Waals surface area contributed by atoms with Crippen LogP contribution in [0.4, 0.5) is 0 Å². The molecule has 20 heavy (non-hydrogen) atoms. The summed E-state index contributed by atoms with van der Waals surface area (Å²) in [5, 5.41) is 12.1. The second-order valence-electron chi connectivity index (χ2n) is 4.38. The van der Waals surface area contributed by atoms with Crippen LogP contribution in [0, 0.1) is 6.92 Å². The highest BCUT2D eigenvalue weighted by Gasteiger charge is 2.33. The molecule has 5 nitrogen and oxygen atoms in total. The number of nitrogens with zero attached hydrogens (tertiary/aromatic N) is 2. The van der Waals surface area contributed by atoms with E-state index in [1.165, 1.54) is 16.7 Å². The highest BCUT2D eigenvalue weighted by atomic mass is 32.2. The maximum absolute atomic E-state index is 12.0. The van der Waals surface area contributed by atoms with E-state index in [0.717, 1.165) is 16.5 Å². The van der Waals surface area contributed by atoms with Gasteiger partial charge in [0, 0.05) is 29.1 Å². The van der Waals surface area contributed by atoms with Gasteiger partial charge in [-0.2, -0.15) is 11.8 Å². The standard InChI is InChI=1S/C12H16N2O3S3/c1-8-13-9(5-20-8)4-18-3-2-11(15)14-7-19-6-10(14)12(16)17/h5,10H,2-4,6-7H2,1H3,(H,16,17). The third kappa shape index (κ3) is 4.13. The summed E-state index contributed by atoms with van der Waals surface area (Å²) in [5.41, 5.74) is 1.05. The molecule has 1 aromatic heterocycles. The van der Waals surface area contributed by atoms with Crippen LogP contribution < -0.4 is 0 Å². The number of aliphatic carboxylic acids is 1. The van der Waals surface area contributed by atoms with Gasteiger partial charge in [0.25, 0.3) is 0 Å². The molecule has 1 aliphatic heterocycles. The number of hydrogen-bond acceptors (Lipinski definition) is 6. The topological polar surface area (TPSA) is 70.5 Å². The SMILES string of the molecule is Cc1nc(CSCCC(=O)N2CSCC2C(=O)O)cs1. The lowest BCUT2D eigenvalue weighted by Gasteiger charge is -2.20. The lowest BCUT2D eigenvalue weighted by Crippen LogP contribution is -2.41. The summed E-state index contributed by atoms with van der Waals surface area (Å²) < 4.78 is 0. The van der Waals surface area contributed by atoms with Crippen molar-refractivity contribution in [1.29, 1.82) is 0 Å². The number of aromatic nitrogens is 1. The highest BCUT2D eigenvalue weighted by Crippen LogP contribution is 2.23. The van der Waals surface area contributed by atoms with Gasteiger partial charge in [-0.05, 0) is 6.92 Å². The summed E-state index contributed by atoms with van der Waals surface area (Å²) in [6, 6.07) is -0.654. The van der Waals surface area contributed by atoms with Crippen LogP contribution in [0.15, 0.2) is 5.38 Å². The molecular formula is C12H16N2O3S3. The molecule has 0 bridgehead atoms. The van der Waals surface area contributed by atoms with Crippen molar-refractivity contribution in [1.82, 2.24) is 9.88 Å². The lowest BCUT2D eigenvalue weighted by atomic mass is 10.3. The Morgan fingerprint density at radius 1 is 1.60 bits per heavy atom. The number of carbonyl (C=O) groups is 2. The first-order valence-electron chi connectivity index (χ1n) is 6.16. The predicted molar refractivity (Wildman–Crippen MR) is 83.2 cm³/mol. The Labute approximate surface area is 130 Å². The Balaban J connectivity index is 1.71. The Bertz CT molecular complexity index is 492. The van der Waals surface area contributed by atoms with Gasteiger partial charge < -0.3 is 10.0 Å². The Kier molecular flexibility index (Phi) is 5.74. The monoisotopic (exact) mass is 332 g/mol. The molecular weight excluding hydrogens is 316 g/mol. The molecule has 1 aliphatic rings. The van der Waals surface area contributed by atoms with Gasteiger partial charge in [-0.3, -0.25) is 4.79 Å². The fraction of sp³-hybridized carbons (Fsp3) is 0.583. The van der Waals surface area contributed by atoms with Crippen molar-refractivity contribution in [3.63, 3.8) is 0 Å². The molecule has 1 unspecified atom stereocenters. The van der Waals surface area contributed by atoms with Gasteiger partial charge in [0.05, 0.1) is 16.6 Å². The quantitative estimate of drug-likeness (QED) is 0.804. The molecule has 2 heterocycles. The highest BCUT2D eigenvalue weighted by molar-refractivity contribution is 7.99. The first kappa shape index (κ1) is 15.7. The van der Waals surface area contributed by atoms with Gasteiger partial charge in [0.1, 0.15) is 6.04 Å². The summed E-state index contributed by atoms with van der Waals surface area (Å²) in [5.74, 6) is 1.51. The number of thioether (sulfide) groups is 2. The van der Waals surface area contributed by atoms with Crippen molar-refractivity contribution < 1.29 is 14.7 Å². The van der Waals surface area contributed by atoms with Crippen molar-refractivity contribution in [2.24, 2.45) is 0 Å². The minimum atomic E-state index is -0.908. The Morgan fingerprint density at radius 2 is 2.40 bits per heavy atom. The molecule has 1 saturated heterocycles. The number of carbonyl (C=O) groups excluding carboxylic acids is 1. The van der Waals surface area contributed by atoms with Crippen molar-refractivity contribution in [3.8, 4) is 0 Å². The zero-order valence-corrected chi connectivity index (χ0v) is 13.5. The molecule has 1 atom stereocenters. The summed E-state index contributed by atoms with van der Waals surface area (Å²) in [7, 11) is 0. The number of carboxylic acid groups (broad SMARTS) is 1. The Morgan fingerprint density at radius 3 is 3.05 bits per heavy atom. The third-order valence-corrected chi connectivity index (χ3v) is 5.69. The van der Waals surface area contributed by atoms with Gasteiger partial charge in [0.15, 0.2) is 0 Å². The van der Waals surface area contributed by atoms with Crippen LogP contribution in [0.5, 0.6) is 0 Å². The fourth-order valence-corrected chi connectivity index (χ4v) is 4.56. The lowest BCUT2D eigenvalue weighted by molar-refractivity contribution is -0.147.